The first kappa shape index (κ1) is 22.4. The number of benzene rings is 3. The van der Waals surface area contributed by atoms with E-state index in [0.29, 0.717) is 43.1 Å². The Hall–Kier alpha value is -3.80. The summed E-state index contributed by atoms with van der Waals surface area (Å²) in [5.41, 5.74) is 3.73. The molecular weight excluding hydrogens is 416 g/mol. The lowest BCUT2D eigenvalue weighted by molar-refractivity contribution is -0.124. The van der Waals surface area contributed by atoms with E-state index in [4.69, 9.17) is 9.47 Å². The molecule has 6 heteroatoms. The molecule has 0 bridgehead atoms. The van der Waals surface area contributed by atoms with Crippen molar-refractivity contribution in [2.24, 2.45) is 5.92 Å². The van der Waals surface area contributed by atoms with Crippen molar-refractivity contribution < 1.29 is 19.1 Å². The summed E-state index contributed by atoms with van der Waals surface area (Å²) in [6.07, 6.45) is 0.547. The lowest BCUT2D eigenvalue weighted by Gasteiger charge is -2.24. The van der Waals surface area contributed by atoms with Gasteiger partial charge >= 0.3 is 0 Å². The quantitative estimate of drug-likeness (QED) is 0.628. The van der Waals surface area contributed by atoms with Crippen LogP contribution in [-0.2, 0) is 11.2 Å². The molecule has 1 aliphatic heterocycles. The van der Waals surface area contributed by atoms with Crippen LogP contribution in [0.25, 0.3) is 11.1 Å². The minimum Gasteiger partial charge on any atom is -0.497 e. The van der Waals surface area contributed by atoms with E-state index in [1.807, 2.05) is 30.3 Å². The Bertz CT molecular complexity index is 1130. The highest BCUT2D eigenvalue weighted by Gasteiger charge is 2.29. The number of ether oxygens (including phenoxy) is 2. The van der Waals surface area contributed by atoms with Crippen LogP contribution in [0.15, 0.2) is 72.8 Å². The van der Waals surface area contributed by atoms with Crippen LogP contribution >= 0.6 is 0 Å². The molecule has 3 aromatic carbocycles. The third-order valence-electron chi connectivity index (χ3n) is 5.93. The first-order valence-electron chi connectivity index (χ1n) is 11.0. The Labute approximate surface area is 194 Å². The number of hydrogen-bond donors (Lipinski definition) is 1. The van der Waals surface area contributed by atoms with Crippen molar-refractivity contribution in [3.05, 3.63) is 83.9 Å². The summed E-state index contributed by atoms with van der Waals surface area (Å²) in [5, 5.41) is 2.96. The second-order valence-electron chi connectivity index (χ2n) is 8.08. The molecule has 0 saturated carbocycles. The van der Waals surface area contributed by atoms with Crippen molar-refractivity contribution >= 4 is 11.8 Å². The van der Waals surface area contributed by atoms with E-state index in [2.05, 4.69) is 29.6 Å². The molecule has 33 heavy (non-hydrogen) atoms. The molecule has 3 aromatic rings. The predicted molar refractivity (Wildman–Crippen MR) is 128 cm³/mol. The Kier molecular flexibility index (Phi) is 6.93. The highest BCUT2D eigenvalue weighted by Crippen LogP contribution is 2.27. The van der Waals surface area contributed by atoms with Gasteiger partial charge in [-0.2, -0.15) is 0 Å². The van der Waals surface area contributed by atoms with Crippen LogP contribution < -0.4 is 14.8 Å². The molecule has 170 valence electrons. The highest BCUT2D eigenvalue weighted by molar-refractivity contribution is 5.98. The van der Waals surface area contributed by atoms with Crippen molar-refractivity contribution in [1.29, 1.82) is 0 Å². The molecule has 1 saturated heterocycles. The lowest BCUT2D eigenvalue weighted by Crippen LogP contribution is -2.37. The summed E-state index contributed by atoms with van der Waals surface area (Å²) in [6.45, 7) is 1.18. The molecule has 2 amide bonds. The summed E-state index contributed by atoms with van der Waals surface area (Å²) >= 11 is 0. The molecule has 1 heterocycles. The normalized spacial score (nSPS) is 16.0. The van der Waals surface area contributed by atoms with Crippen molar-refractivity contribution in [3.8, 4) is 22.6 Å². The number of methoxy groups -OCH3 is 2. The topological polar surface area (TPSA) is 67.9 Å². The molecular formula is C27H28N2O4. The number of amides is 2. The van der Waals surface area contributed by atoms with Crippen LogP contribution in [0.4, 0.5) is 0 Å². The van der Waals surface area contributed by atoms with Crippen LogP contribution in [0.2, 0.25) is 0 Å². The number of carbonyl (C=O) groups is 2. The second-order valence-corrected chi connectivity index (χ2v) is 8.08. The molecule has 0 aliphatic carbocycles. The average molecular weight is 445 g/mol. The lowest BCUT2D eigenvalue weighted by atomic mass is 9.95. The van der Waals surface area contributed by atoms with Crippen LogP contribution in [-0.4, -0.2) is 50.6 Å². The largest absolute Gasteiger partial charge is 0.497 e. The summed E-state index contributed by atoms with van der Waals surface area (Å²) in [5.74, 6) is 0.506. The summed E-state index contributed by atoms with van der Waals surface area (Å²) in [7, 11) is 3.10. The maximum absolute atomic E-state index is 13.4. The van der Waals surface area contributed by atoms with Gasteiger partial charge in [0.2, 0.25) is 5.91 Å². The van der Waals surface area contributed by atoms with Gasteiger partial charge in [-0.3, -0.25) is 9.59 Å². The van der Waals surface area contributed by atoms with Gasteiger partial charge in [-0.25, -0.2) is 0 Å². The fourth-order valence-electron chi connectivity index (χ4n) is 4.18. The number of rotatable bonds is 6. The van der Waals surface area contributed by atoms with Gasteiger partial charge in [0, 0.05) is 19.6 Å². The van der Waals surface area contributed by atoms with E-state index in [0.717, 1.165) is 16.7 Å². The third-order valence-corrected chi connectivity index (χ3v) is 5.93. The molecule has 1 N–H and O–H groups in total. The van der Waals surface area contributed by atoms with Crippen molar-refractivity contribution in [3.63, 3.8) is 0 Å². The Morgan fingerprint density at radius 2 is 1.76 bits per heavy atom. The zero-order chi connectivity index (χ0) is 23.2. The Balaban J connectivity index is 1.56. The molecule has 0 aromatic heterocycles. The number of hydrogen-bond acceptors (Lipinski definition) is 4. The Morgan fingerprint density at radius 1 is 0.970 bits per heavy atom. The van der Waals surface area contributed by atoms with Crippen molar-refractivity contribution in [2.45, 2.75) is 6.42 Å². The van der Waals surface area contributed by atoms with Gasteiger partial charge in [-0.05, 0) is 41.3 Å². The number of nitrogens with one attached hydrogen (secondary N) is 1. The zero-order valence-electron chi connectivity index (χ0n) is 18.9. The van der Waals surface area contributed by atoms with Gasteiger partial charge in [-0.1, -0.05) is 54.6 Å². The van der Waals surface area contributed by atoms with Crippen LogP contribution in [0.3, 0.4) is 0 Å². The molecule has 0 spiro atoms. The molecule has 1 atom stereocenters. The van der Waals surface area contributed by atoms with Crippen molar-refractivity contribution in [1.82, 2.24) is 10.2 Å². The van der Waals surface area contributed by atoms with Gasteiger partial charge in [0.1, 0.15) is 11.5 Å². The monoisotopic (exact) mass is 444 g/mol. The minimum absolute atomic E-state index is 0.0342. The minimum atomic E-state index is -0.348. The van der Waals surface area contributed by atoms with Gasteiger partial charge < -0.3 is 19.7 Å². The van der Waals surface area contributed by atoms with Gasteiger partial charge in [0.05, 0.1) is 25.7 Å². The second kappa shape index (κ2) is 10.2. The highest BCUT2D eigenvalue weighted by atomic mass is 16.5. The van der Waals surface area contributed by atoms with Crippen LogP contribution in [0, 0.1) is 5.92 Å². The van der Waals surface area contributed by atoms with E-state index in [1.54, 1.807) is 30.2 Å². The van der Waals surface area contributed by atoms with Gasteiger partial charge in [0.25, 0.3) is 5.91 Å². The fourth-order valence-corrected chi connectivity index (χ4v) is 4.18. The van der Waals surface area contributed by atoms with Gasteiger partial charge in [-0.15, -0.1) is 0 Å². The third kappa shape index (κ3) is 5.17. The van der Waals surface area contributed by atoms with E-state index >= 15 is 0 Å². The first-order chi connectivity index (χ1) is 16.1. The van der Waals surface area contributed by atoms with Gasteiger partial charge in [0.15, 0.2) is 0 Å². The first-order valence-corrected chi connectivity index (χ1v) is 11.0. The summed E-state index contributed by atoms with van der Waals surface area (Å²) in [6, 6.07) is 23.5. The fraction of sp³-hybridized carbons (Fsp3) is 0.259. The maximum atomic E-state index is 13.4. The van der Waals surface area contributed by atoms with E-state index < -0.39 is 0 Å². The average Bonchev–Trinajstić information content (AvgIpc) is 3.05. The van der Waals surface area contributed by atoms with Crippen molar-refractivity contribution in [2.75, 3.05) is 33.9 Å². The number of nitrogens with zero attached hydrogens (tertiary/aromatic N) is 1. The van der Waals surface area contributed by atoms with E-state index in [9.17, 15) is 9.59 Å². The molecule has 6 nitrogen and oxygen atoms in total. The SMILES string of the molecule is COc1ccc(OC)c(C(=O)N2CCNC(=O)C(Cc3cccc(-c4ccccc4)c3)C2)c1. The van der Waals surface area contributed by atoms with E-state index in [1.165, 1.54) is 7.11 Å². The van der Waals surface area contributed by atoms with E-state index in [-0.39, 0.29) is 17.7 Å². The molecule has 1 fully saturated rings. The zero-order valence-corrected chi connectivity index (χ0v) is 18.9. The number of carbonyl (C=O) groups excluding carboxylic acids is 2. The molecule has 0 radical (unpaired) electrons. The predicted octanol–water partition coefficient (Wildman–Crippen LogP) is 3.80. The summed E-state index contributed by atoms with van der Waals surface area (Å²) < 4.78 is 10.7. The Morgan fingerprint density at radius 3 is 2.52 bits per heavy atom. The molecule has 1 unspecified atom stereocenters. The maximum Gasteiger partial charge on any atom is 0.257 e. The summed E-state index contributed by atoms with van der Waals surface area (Å²) in [4.78, 5) is 27.9. The van der Waals surface area contributed by atoms with Crippen LogP contribution in [0.1, 0.15) is 15.9 Å². The molecule has 1 aliphatic rings. The standard InChI is InChI=1S/C27H28N2O4/c1-32-23-11-12-25(33-2)24(17-23)27(31)29-14-13-28-26(30)22(18-29)16-19-7-6-10-21(15-19)20-8-4-3-5-9-20/h3-12,15,17,22H,13-14,16,18H2,1-2H3,(H,28,30). The van der Waals surface area contributed by atoms with Crippen LogP contribution in [0.5, 0.6) is 11.5 Å². The smallest absolute Gasteiger partial charge is 0.257 e. The molecule has 4 rings (SSSR count).